The van der Waals surface area contributed by atoms with E-state index in [1.54, 1.807) is 0 Å². The van der Waals surface area contributed by atoms with E-state index in [-0.39, 0.29) is 0 Å². The van der Waals surface area contributed by atoms with Crippen molar-refractivity contribution in [3.8, 4) is 0 Å². The van der Waals surface area contributed by atoms with Crippen molar-refractivity contribution in [3.63, 3.8) is 0 Å². The molecule has 0 saturated carbocycles. The zero-order valence-corrected chi connectivity index (χ0v) is 11.8. The molecule has 96 valence electrons. The standard InChI is InChI=1S/C14H30N2/c1-13(2,3)10-12(11-15)16-8-6-14(4,5)7-9-16/h12H,6-11,15H2,1-5H3. The van der Waals surface area contributed by atoms with E-state index in [9.17, 15) is 0 Å². The van der Waals surface area contributed by atoms with Gasteiger partial charge in [0.2, 0.25) is 0 Å². The lowest BCUT2D eigenvalue weighted by Gasteiger charge is -2.42. The number of rotatable bonds is 3. The summed E-state index contributed by atoms with van der Waals surface area (Å²) >= 11 is 0. The number of hydrogen-bond donors (Lipinski definition) is 1. The number of nitrogens with two attached hydrogens (primary N) is 1. The van der Waals surface area contributed by atoms with E-state index in [4.69, 9.17) is 5.73 Å². The quantitative estimate of drug-likeness (QED) is 0.802. The lowest BCUT2D eigenvalue weighted by Crippen LogP contribution is -2.48. The first kappa shape index (κ1) is 14.0. The minimum atomic E-state index is 0.386. The molecular formula is C14H30N2. The number of piperidine rings is 1. The van der Waals surface area contributed by atoms with E-state index in [1.165, 1.54) is 32.4 Å². The van der Waals surface area contributed by atoms with Gasteiger partial charge in [0, 0.05) is 12.6 Å². The molecule has 0 spiro atoms. The van der Waals surface area contributed by atoms with Crippen LogP contribution >= 0.6 is 0 Å². The Bertz CT molecular complexity index is 205. The van der Waals surface area contributed by atoms with Crippen LogP contribution in [-0.2, 0) is 0 Å². The van der Waals surface area contributed by atoms with Gasteiger partial charge in [-0.05, 0) is 43.2 Å². The van der Waals surface area contributed by atoms with Crippen molar-refractivity contribution in [2.75, 3.05) is 19.6 Å². The highest BCUT2D eigenvalue weighted by Gasteiger charge is 2.30. The summed E-state index contributed by atoms with van der Waals surface area (Å²) in [4.78, 5) is 2.61. The molecule has 0 radical (unpaired) electrons. The Labute approximate surface area is 102 Å². The molecule has 1 aliphatic heterocycles. The molecule has 2 heteroatoms. The van der Waals surface area contributed by atoms with Gasteiger partial charge in [0.25, 0.3) is 0 Å². The predicted octanol–water partition coefficient (Wildman–Crippen LogP) is 2.87. The maximum Gasteiger partial charge on any atom is 0.0223 e. The Hall–Kier alpha value is -0.0800. The molecule has 1 saturated heterocycles. The first-order valence-corrected chi connectivity index (χ1v) is 6.68. The molecule has 1 aliphatic rings. The third kappa shape index (κ3) is 4.42. The van der Waals surface area contributed by atoms with Crippen molar-refractivity contribution in [1.29, 1.82) is 0 Å². The second-order valence-corrected chi connectivity index (χ2v) is 7.35. The molecule has 1 atom stereocenters. The molecular weight excluding hydrogens is 196 g/mol. The highest BCUT2D eigenvalue weighted by atomic mass is 15.2. The fraction of sp³-hybridized carbons (Fsp3) is 1.00. The van der Waals surface area contributed by atoms with Crippen LogP contribution in [0.3, 0.4) is 0 Å². The molecule has 1 rings (SSSR count). The molecule has 0 aromatic heterocycles. The third-order valence-electron chi connectivity index (χ3n) is 3.79. The maximum absolute atomic E-state index is 5.94. The van der Waals surface area contributed by atoms with Gasteiger partial charge in [-0.2, -0.15) is 0 Å². The fourth-order valence-corrected chi connectivity index (χ4v) is 2.56. The van der Waals surface area contributed by atoms with Gasteiger partial charge in [-0.1, -0.05) is 34.6 Å². The molecule has 2 nitrogen and oxygen atoms in total. The summed E-state index contributed by atoms with van der Waals surface area (Å²) in [5.41, 5.74) is 6.86. The van der Waals surface area contributed by atoms with Gasteiger partial charge in [0.1, 0.15) is 0 Å². The highest BCUT2D eigenvalue weighted by Crippen LogP contribution is 2.32. The number of nitrogens with zero attached hydrogens (tertiary/aromatic N) is 1. The zero-order valence-electron chi connectivity index (χ0n) is 11.8. The molecule has 0 bridgehead atoms. The van der Waals surface area contributed by atoms with Crippen LogP contribution in [0.4, 0.5) is 0 Å². The smallest absolute Gasteiger partial charge is 0.0223 e. The van der Waals surface area contributed by atoms with Crippen LogP contribution in [0.1, 0.15) is 53.9 Å². The van der Waals surface area contributed by atoms with E-state index in [0.717, 1.165) is 6.54 Å². The second-order valence-electron chi connectivity index (χ2n) is 7.35. The van der Waals surface area contributed by atoms with Crippen LogP contribution in [0.5, 0.6) is 0 Å². The van der Waals surface area contributed by atoms with Gasteiger partial charge in [0.15, 0.2) is 0 Å². The van der Waals surface area contributed by atoms with Crippen molar-refractivity contribution in [2.45, 2.75) is 59.9 Å². The Morgan fingerprint density at radius 1 is 1.19 bits per heavy atom. The summed E-state index contributed by atoms with van der Waals surface area (Å²) < 4.78 is 0. The topological polar surface area (TPSA) is 29.3 Å². The summed E-state index contributed by atoms with van der Waals surface area (Å²) in [6.07, 6.45) is 3.84. The number of hydrogen-bond acceptors (Lipinski definition) is 2. The van der Waals surface area contributed by atoms with Crippen LogP contribution in [0.25, 0.3) is 0 Å². The molecule has 16 heavy (non-hydrogen) atoms. The minimum Gasteiger partial charge on any atom is -0.329 e. The maximum atomic E-state index is 5.94. The average molecular weight is 226 g/mol. The fourth-order valence-electron chi connectivity index (χ4n) is 2.56. The first-order chi connectivity index (χ1) is 7.23. The van der Waals surface area contributed by atoms with Crippen LogP contribution < -0.4 is 5.73 Å². The molecule has 0 aromatic rings. The van der Waals surface area contributed by atoms with Crippen molar-refractivity contribution in [3.05, 3.63) is 0 Å². The average Bonchev–Trinajstić information content (AvgIpc) is 2.13. The zero-order chi connectivity index (χ0) is 12.4. The van der Waals surface area contributed by atoms with Crippen LogP contribution in [0, 0.1) is 10.8 Å². The van der Waals surface area contributed by atoms with E-state index < -0.39 is 0 Å². The van der Waals surface area contributed by atoms with E-state index >= 15 is 0 Å². The molecule has 0 amide bonds. The predicted molar refractivity (Wildman–Crippen MR) is 71.5 cm³/mol. The first-order valence-electron chi connectivity index (χ1n) is 6.68. The summed E-state index contributed by atoms with van der Waals surface area (Å²) in [5, 5.41) is 0. The molecule has 1 fully saturated rings. The monoisotopic (exact) mass is 226 g/mol. The number of likely N-dealkylation sites (tertiary alicyclic amines) is 1. The van der Waals surface area contributed by atoms with Gasteiger partial charge < -0.3 is 5.73 Å². The van der Waals surface area contributed by atoms with Crippen LogP contribution in [-0.4, -0.2) is 30.6 Å². The van der Waals surface area contributed by atoms with Gasteiger partial charge in [0.05, 0.1) is 0 Å². The Kier molecular flexibility index (Phi) is 4.42. The van der Waals surface area contributed by atoms with Gasteiger partial charge >= 0.3 is 0 Å². The van der Waals surface area contributed by atoms with E-state index in [0.29, 0.717) is 16.9 Å². The summed E-state index contributed by atoms with van der Waals surface area (Å²) in [5.74, 6) is 0. The molecule has 0 aromatic carbocycles. The summed E-state index contributed by atoms with van der Waals surface area (Å²) in [6, 6.07) is 0.580. The lowest BCUT2D eigenvalue weighted by atomic mass is 9.81. The van der Waals surface area contributed by atoms with Gasteiger partial charge in [-0.25, -0.2) is 0 Å². The van der Waals surface area contributed by atoms with Gasteiger partial charge in [-0.15, -0.1) is 0 Å². The molecule has 2 N–H and O–H groups in total. The molecule has 1 unspecified atom stereocenters. The Morgan fingerprint density at radius 3 is 2.06 bits per heavy atom. The van der Waals surface area contributed by atoms with E-state index in [2.05, 4.69) is 39.5 Å². The van der Waals surface area contributed by atoms with Crippen LogP contribution in [0.2, 0.25) is 0 Å². The van der Waals surface area contributed by atoms with Crippen molar-refractivity contribution < 1.29 is 0 Å². The molecule has 1 heterocycles. The van der Waals surface area contributed by atoms with Gasteiger partial charge in [-0.3, -0.25) is 4.90 Å². The Balaban J connectivity index is 2.49. The molecule has 0 aliphatic carbocycles. The van der Waals surface area contributed by atoms with Crippen molar-refractivity contribution in [1.82, 2.24) is 4.90 Å². The summed E-state index contributed by atoms with van der Waals surface area (Å²) in [6.45, 7) is 14.9. The Morgan fingerprint density at radius 2 is 1.69 bits per heavy atom. The van der Waals surface area contributed by atoms with Crippen LogP contribution in [0.15, 0.2) is 0 Å². The largest absolute Gasteiger partial charge is 0.329 e. The highest BCUT2D eigenvalue weighted by molar-refractivity contribution is 4.85. The van der Waals surface area contributed by atoms with Crippen molar-refractivity contribution >= 4 is 0 Å². The lowest BCUT2D eigenvalue weighted by molar-refractivity contribution is 0.0773. The normalized spacial score (nSPS) is 24.4. The second kappa shape index (κ2) is 5.05. The van der Waals surface area contributed by atoms with E-state index in [1.807, 2.05) is 0 Å². The third-order valence-corrected chi connectivity index (χ3v) is 3.79. The van der Waals surface area contributed by atoms with Crippen molar-refractivity contribution in [2.24, 2.45) is 16.6 Å². The minimum absolute atomic E-state index is 0.386. The summed E-state index contributed by atoms with van der Waals surface area (Å²) in [7, 11) is 0. The SMILES string of the molecule is CC(C)(C)CC(CN)N1CCC(C)(C)CC1.